The van der Waals surface area contributed by atoms with E-state index in [9.17, 15) is 0 Å². The van der Waals surface area contributed by atoms with Gasteiger partial charge in [0.15, 0.2) is 0 Å². The predicted molar refractivity (Wildman–Crippen MR) is 82.1 cm³/mol. The minimum atomic E-state index is 0.101. The van der Waals surface area contributed by atoms with Crippen LogP contribution in [0.2, 0.25) is 0 Å². The Morgan fingerprint density at radius 3 is 2.68 bits per heavy atom. The van der Waals surface area contributed by atoms with Gasteiger partial charge in [0.05, 0.1) is 6.54 Å². The highest BCUT2D eigenvalue weighted by atomic mass is 79.9. The third-order valence-electron chi connectivity index (χ3n) is 2.88. The molecule has 1 aromatic carbocycles. The summed E-state index contributed by atoms with van der Waals surface area (Å²) in [5, 5.41) is 3.47. The highest BCUT2D eigenvalue weighted by Crippen LogP contribution is 2.17. The molecule has 0 atom stereocenters. The molecule has 102 valence electrons. The van der Waals surface area contributed by atoms with Crippen LogP contribution in [0.3, 0.4) is 0 Å². The average Bonchev–Trinajstić information content (AvgIpc) is 2.76. The van der Waals surface area contributed by atoms with Gasteiger partial charge in [0.25, 0.3) is 0 Å². The molecule has 0 bridgehead atoms. The van der Waals surface area contributed by atoms with Crippen LogP contribution in [0.15, 0.2) is 41.1 Å². The summed E-state index contributed by atoms with van der Waals surface area (Å²) in [5.74, 6) is 1.06. The smallest absolute Gasteiger partial charge is 0.122 e. The molecule has 0 amide bonds. The van der Waals surface area contributed by atoms with Crippen molar-refractivity contribution in [1.29, 1.82) is 0 Å². The quantitative estimate of drug-likeness (QED) is 0.932. The number of benzene rings is 1. The number of hydrogen-bond acceptors (Lipinski definition) is 2. The summed E-state index contributed by atoms with van der Waals surface area (Å²) in [6.07, 6.45) is 3.88. The summed E-state index contributed by atoms with van der Waals surface area (Å²) >= 11 is 3.59. The van der Waals surface area contributed by atoms with Crippen LogP contribution in [0.5, 0.6) is 0 Å². The third kappa shape index (κ3) is 4.18. The Bertz CT molecular complexity index is 540. The van der Waals surface area contributed by atoms with Crippen LogP contribution in [0.1, 0.15) is 32.2 Å². The molecule has 4 heteroatoms. The zero-order valence-electron chi connectivity index (χ0n) is 11.7. The normalized spacial score (nSPS) is 11.8. The van der Waals surface area contributed by atoms with Crippen LogP contribution in [-0.2, 0) is 13.1 Å². The topological polar surface area (TPSA) is 29.9 Å². The maximum absolute atomic E-state index is 4.43. The maximum Gasteiger partial charge on any atom is 0.122 e. The fourth-order valence-electron chi connectivity index (χ4n) is 1.81. The van der Waals surface area contributed by atoms with Crippen molar-refractivity contribution in [2.45, 2.75) is 39.4 Å². The zero-order chi connectivity index (χ0) is 13.9. The lowest BCUT2D eigenvalue weighted by Crippen LogP contribution is -2.36. The van der Waals surface area contributed by atoms with Crippen LogP contribution in [0.4, 0.5) is 0 Å². The van der Waals surface area contributed by atoms with Gasteiger partial charge in [-0.2, -0.15) is 0 Å². The van der Waals surface area contributed by atoms with Crippen molar-refractivity contribution in [3.05, 3.63) is 52.5 Å². The number of nitrogens with one attached hydrogen (secondary N) is 1. The molecule has 0 spiro atoms. The molecule has 2 rings (SSSR count). The molecule has 1 aromatic heterocycles. The van der Waals surface area contributed by atoms with Crippen molar-refractivity contribution < 1.29 is 0 Å². The Hall–Kier alpha value is -1.13. The van der Waals surface area contributed by atoms with Crippen molar-refractivity contribution in [2.24, 2.45) is 0 Å². The average molecular weight is 322 g/mol. The van der Waals surface area contributed by atoms with Gasteiger partial charge in [0, 0.05) is 29.0 Å². The first-order valence-corrected chi connectivity index (χ1v) is 7.23. The van der Waals surface area contributed by atoms with E-state index in [4.69, 9.17) is 0 Å². The van der Waals surface area contributed by atoms with Gasteiger partial charge in [-0.25, -0.2) is 4.98 Å². The van der Waals surface area contributed by atoms with Crippen molar-refractivity contribution >= 4 is 15.9 Å². The fraction of sp³-hybridized carbons (Fsp3) is 0.400. The summed E-state index contributed by atoms with van der Waals surface area (Å²) in [6, 6.07) is 8.29. The molecule has 0 aliphatic carbocycles. The van der Waals surface area contributed by atoms with Gasteiger partial charge in [-0.05, 0) is 32.4 Å². The van der Waals surface area contributed by atoms with E-state index in [0.717, 1.165) is 23.4 Å². The van der Waals surface area contributed by atoms with E-state index in [1.807, 2.05) is 18.5 Å². The van der Waals surface area contributed by atoms with Crippen molar-refractivity contribution in [3.63, 3.8) is 0 Å². The molecule has 19 heavy (non-hydrogen) atoms. The molecule has 1 heterocycles. The van der Waals surface area contributed by atoms with E-state index in [-0.39, 0.29) is 5.54 Å². The zero-order valence-corrected chi connectivity index (χ0v) is 13.2. The fourth-order valence-corrected chi connectivity index (χ4v) is 2.22. The van der Waals surface area contributed by atoms with Gasteiger partial charge >= 0.3 is 0 Å². The summed E-state index contributed by atoms with van der Waals surface area (Å²) in [7, 11) is 0. The standard InChI is InChI=1S/C15H20BrN3/c1-15(2,3)18-10-14-17-8-9-19(14)11-12-6-4-5-7-13(12)16/h4-9,18H,10-11H2,1-3H3. The molecule has 0 unspecified atom stereocenters. The lowest BCUT2D eigenvalue weighted by Gasteiger charge is -2.20. The SMILES string of the molecule is CC(C)(C)NCc1nccn1Cc1ccccc1Br. The van der Waals surface area contributed by atoms with Gasteiger partial charge < -0.3 is 9.88 Å². The highest BCUT2D eigenvalue weighted by Gasteiger charge is 2.11. The van der Waals surface area contributed by atoms with E-state index in [0.29, 0.717) is 0 Å². The van der Waals surface area contributed by atoms with Gasteiger partial charge in [-0.3, -0.25) is 0 Å². The summed E-state index contributed by atoms with van der Waals surface area (Å²) in [6.45, 7) is 8.10. The lowest BCUT2D eigenvalue weighted by atomic mass is 10.1. The van der Waals surface area contributed by atoms with Gasteiger partial charge in [0.2, 0.25) is 0 Å². The van der Waals surface area contributed by atoms with Gasteiger partial charge in [-0.15, -0.1) is 0 Å². The van der Waals surface area contributed by atoms with Crippen molar-refractivity contribution in [2.75, 3.05) is 0 Å². The van der Waals surface area contributed by atoms with Crippen molar-refractivity contribution in [3.8, 4) is 0 Å². The number of nitrogens with zero attached hydrogens (tertiary/aromatic N) is 2. The second kappa shape index (κ2) is 5.88. The predicted octanol–water partition coefficient (Wildman–Crippen LogP) is 3.58. The third-order valence-corrected chi connectivity index (χ3v) is 3.65. The van der Waals surface area contributed by atoms with Crippen LogP contribution < -0.4 is 5.32 Å². The van der Waals surface area contributed by atoms with E-state index in [2.05, 4.69) is 69.8 Å². The number of aromatic nitrogens is 2. The minimum absolute atomic E-state index is 0.101. The minimum Gasteiger partial charge on any atom is -0.329 e. The molecule has 0 radical (unpaired) electrons. The largest absolute Gasteiger partial charge is 0.329 e. The summed E-state index contributed by atoms with van der Waals surface area (Å²) in [5.41, 5.74) is 1.36. The molecule has 3 nitrogen and oxygen atoms in total. The second-order valence-electron chi connectivity index (χ2n) is 5.67. The second-order valence-corrected chi connectivity index (χ2v) is 6.52. The first-order chi connectivity index (χ1) is 8.96. The molecule has 0 saturated carbocycles. The van der Waals surface area contributed by atoms with Gasteiger partial charge in [0.1, 0.15) is 5.82 Å². The summed E-state index contributed by atoms with van der Waals surface area (Å²) < 4.78 is 3.32. The Labute approximate surface area is 123 Å². The molecule has 0 saturated heterocycles. The highest BCUT2D eigenvalue weighted by molar-refractivity contribution is 9.10. The Kier molecular flexibility index (Phi) is 4.42. The van der Waals surface area contributed by atoms with Crippen LogP contribution >= 0.6 is 15.9 Å². The molecular formula is C15H20BrN3. The molecule has 0 fully saturated rings. The van der Waals surface area contributed by atoms with Crippen LogP contribution in [-0.4, -0.2) is 15.1 Å². The van der Waals surface area contributed by atoms with Crippen LogP contribution in [0.25, 0.3) is 0 Å². The molecule has 0 aliphatic heterocycles. The van der Waals surface area contributed by atoms with E-state index in [1.54, 1.807) is 0 Å². The molecule has 1 N–H and O–H groups in total. The number of halogens is 1. The monoisotopic (exact) mass is 321 g/mol. The van der Waals surface area contributed by atoms with E-state index < -0.39 is 0 Å². The number of hydrogen-bond donors (Lipinski definition) is 1. The Balaban J connectivity index is 2.10. The van der Waals surface area contributed by atoms with E-state index >= 15 is 0 Å². The lowest BCUT2D eigenvalue weighted by molar-refractivity contribution is 0.413. The Morgan fingerprint density at radius 1 is 1.26 bits per heavy atom. The number of imidazole rings is 1. The first kappa shape index (κ1) is 14.3. The van der Waals surface area contributed by atoms with Crippen LogP contribution in [0, 0.1) is 0 Å². The number of rotatable bonds is 4. The first-order valence-electron chi connectivity index (χ1n) is 6.44. The molecular weight excluding hydrogens is 302 g/mol. The van der Waals surface area contributed by atoms with E-state index in [1.165, 1.54) is 5.56 Å². The summed E-state index contributed by atoms with van der Waals surface area (Å²) in [4.78, 5) is 4.43. The van der Waals surface area contributed by atoms with Gasteiger partial charge in [-0.1, -0.05) is 34.1 Å². The van der Waals surface area contributed by atoms with Crippen molar-refractivity contribution in [1.82, 2.24) is 14.9 Å². The maximum atomic E-state index is 4.43. The molecule has 2 aromatic rings. The Morgan fingerprint density at radius 2 is 2.00 bits per heavy atom. The molecule has 0 aliphatic rings.